The van der Waals surface area contributed by atoms with Crippen LogP contribution in [0.1, 0.15) is 30.5 Å². The molecule has 2 amide bonds. The molecule has 7 nitrogen and oxygen atoms in total. The summed E-state index contributed by atoms with van der Waals surface area (Å²) in [5, 5.41) is 3.14. The van der Waals surface area contributed by atoms with Gasteiger partial charge in [-0.2, -0.15) is 0 Å². The van der Waals surface area contributed by atoms with Crippen molar-refractivity contribution in [1.29, 1.82) is 0 Å². The van der Waals surface area contributed by atoms with Crippen LogP contribution in [-0.4, -0.2) is 44.3 Å². The van der Waals surface area contributed by atoms with Crippen LogP contribution < -0.4 is 9.62 Å². The highest BCUT2D eigenvalue weighted by atomic mass is 35.5. The van der Waals surface area contributed by atoms with Crippen LogP contribution in [0, 0.1) is 13.8 Å². The van der Waals surface area contributed by atoms with E-state index in [-0.39, 0.29) is 33.1 Å². The number of sulfonamides is 1. The van der Waals surface area contributed by atoms with E-state index in [2.05, 4.69) is 5.32 Å². The average Bonchev–Trinajstić information content (AvgIpc) is 2.88. The lowest BCUT2D eigenvalue weighted by molar-refractivity contribution is -0.139. The van der Waals surface area contributed by atoms with E-state index in [9.17, 15) is 18.0 Å². The van der Waals surface area contributed by atoms with Gasteiger partial charge in [-0.3, -0.25) is 13.9 Å². The number of benzene rings is 3. The Morgan fingerprint density at radius 2 is 1.47 bits per heavy atom. The van der Waals surface area contributed by atoms with Gasteiger partial charge < -0.3 is 10.2 Å². The third kappa shape index (κ3) is 7.07. The second-order valence-corrected chi connectivity index (χ2v) is 11.7. The number of amides is 2. The van der Waals surface area contributed by atoms with E-state index in [1.165, 1.54) is 35.2 Å². The van der Waals surface area contributed by atoms with Gasteiger partial charge in [0.1, 0.15) is 12.6 Å². The zero-order chi connectivity index (χ0) is 28.0. The molecule has 0 radical (unpaired) electrons. The summed E-state index contributed by atoms with van der Waals surface area (Å²) in [5.41, 5.74) is 2.93. The molecule has 0 aromatic heterocycles. The number of rotatable bonds is 10. The largest absolute Gasteiger partial charge is 0.355 e. The van der Waals surface area contributed by atoms with E-state index in [4.69, 9.17) is 23.2 Å². The van der Waals surface area contributed by atoms with Crippen molar-refractivity contribution < 1.29 is 18.0 Å². The van der Waals surface area contributed by atoms with Gasteiger partial charge in [0.05, 0.1) is 20.6 Å². The summed E-state index contributed by atoms with van der Waals surface area (Å²) >= 11 is 12.3. The van der Waals surface area contributed by atoms with Crippen LogP contribution in [-0.2, 0) is 26.2 Å². The highest BCUT2D eigenvalue weighted by Gasteiger charge is 2.32. The fourth-order valence-corrected chi connectivity index (χ4v) is 5.50. The lowest BCUT2D eigenvalue weighted by atomic mass is 10.1. The summed E-state index contributed by atoms with van der Waals surface area (Å²) in [6.07, 6.45) is 0. The zero-order valence-corrected chi connectivity index (χ0v) is 24.1. The number of halogens is 2. The molecule has 10 heteroatoms. The van der Waals surface area contributed by atoms with Gasteiger partial charge in [-0.15, -0.1) is 0 Å². The van der Waals surface area contributed by atoms with Crippen molar-refractivity contribution in [1.82, 2.24) is 10.2 Å². The molecule has 202 valence electrons. The smallest absolute Gasteiger partial charge is 0.264 e. The number of hydrogen-bond acceptors (Lipinski definition) is 4. The van der Waals surface area contributed by atoms with Gasteiger partial charge in [-0.25, -0.2) is 8.42 Å². The number of anilines is 1. The first-order chi connectivity index (χ1) is 17.9. The van der Waals surface area contributed by atoms with Crippen LogP contribution in [0.4, 0.5) is 5.69 Å². The summed E-state index contributed by atoms with van der Waals surface area (Å²) in [7, 11) is -4.18. The maximum atomic E-state index is 13.8. The molecule has 3 aromatic carbocycles. The molecule has 0 unspecified atom stereocenters. The predicted octanol–water partition coefficient (Wildman–Crippen LogP) is 5.36. The maximum absolute atomic E-state index is 13.8. The number of nitrogens with one attached hydrogen (secondary N) is 1. The molecule has 0 saturated carbocycles. The molecule has 0 fully saturated rings. The minimum Gasteiger partial charge on any atom is -0.355 e. The van der Waals surface area contributed by atoms with Gasteiger partial charge in [-0.1, -0.05) is 70.7 Å². The molecule has 0 bridgehead atoms. The molecule has 0 aliphatic carbocycles. The Labute approximate surface area is 234 Å². The monoisotopic (exact) mass is 575 g/mol. The van der Waals surface area contributed by atoms with E-state index >= 15 is 0 Å². The minimum absolute atomic E-state index is 0.0174. The average molecular weight is 577 g/mol. The minimum atomic E-state index is -4.18. The van der Waals surface area contributed by atoms with Crippen LogP contribution in [0.3, 0.4) is 0 Å². The van der Waals surface area contributed by atoms with Crippen LogP contribution >= 0.6 is 23.2 Å². The van der Waals surface area contributed by atoms with Crippen LogP contribution in [0.2, 0.25) is 10.0 Å². The number of likely N-dealkylation sites (N-methyl/N-ethyl adjacent to an activating group) is 1. The van der Waals surface area contributed by atoms with Gasteiger partial charge in [-0.05, 0) is 63.6 Å². The van der Waals surface area contributed by atoms with Crippen molar-refractivity contribution in [3.05, 3.63) is 93.5 Å². The predicted molar refractivity (Wildman–Crippen MR) is 152 cm³/mol. The molecule has 3 rings (SSSR count). The second-order valence-electron chi connectivity index (χ2n) is 9.00. The lowest BCUT2D eigenvalue weighted by Crippen LogP contribution is -2.51. The number of carbonyl (C=O) groups is 2. The third-order valence-electron chi connectivity index (χ3n) is 6.07. The lowest BCUT2D eigenvalue weighted by Gasteiger charge is -2.32. The summed E-state index contributed by atoms with van der Waals surface area (Å²) < 4.78 is 28.6. The van der Waals surface area contributed by atoms with Crippen molar-refractivity contribution in [3.63, 3.8) is 0 Å². The van der Waals surface area contributed by atoms with Gasteiger partial charge in [0.25, 0.3) is 10.0 Å². The Morgan fingerprint density at radius 1 is 0.895 bits per heavy atom. The summed E-state index contributed by atoms with van der Waals surface area (Å²) in [6.45, 7) is 7.18. The summed E-state index contributed by atoms with van der Waals surface area (Å²) in [4.78, 5) is 28.0. The highest BCUT2D eigenvalue weighted by Crippen LogP contribution is 2.31. The number of hydrogen-bond donors (Lipinski definition) is 1. The normalized spacial score (nSPS) is 12.1. The van der Waals surface area contributed by atoms with E-state index < -0.39 is 28.5 Å². The fraction of sp³-hybridized carbons (Fsp3) is 0.286. The van der Waals surface area contributed by atoms with E-state index in [0.717, 1.165) is 21.0 Å². The van der Waals surface area contributed by atoms with Crippen molar-refractivity contribution in [2.75, 3.05) is 17.4 Å². The van der Waals surface area contributed by atoms with Crippen molar-refractivity contribution >= 4 is 50.7 Å². The molecule has 1 atom stereocenters. The quantitative estimate of drug-likeness (QED) is 0.352. The summed E-state index contributed by atoms with van der Waals surface area (Å²) in [5.74, 6) is -0.887. The Kier molecular flexibility index (Phi) is 9.82. The van der Waals surface area contributed by atoms with E-state index in [1.807, 2.05) is 38.1 Å². The molecule has 0 aliphatic heterocycles. The maximum Gasteiger partial charge on any atom is 0.264 e. The number of carbonyl (C=O) groups excluding carboxylic acids is 2. The molecule has 0 saturated heterocycles. The zero-order valence-electron chi connectivity index (χ0n) is 21.7. The van der Waals surface area contributed by atoms with Gasteiger partial charge in [0.15, 0.2) is 0 Å². The molecule has 38 heavy (non-hydrogen) atoms. The Hall–Kier alpha value is -3.07. The first-order valence-electron chi connectivity index (χ1n) is 12.1. The standard InChI is InChI=1S/C28H31Cl2N3O4S/c1-5-31-28(35)21(4)32(17-22-10-6-19(2)7-11-22)27(34)18-33(23-12-15-25(29)26(30)16-23)38(36,37)24-13-8-20(3)9-14-24/h6-16,21H,5,17-18H2,1-4H3,(H,31,35)/t21-/m1/s1. The molecule has 0 aliphatic rings. The Bertz CT molecular complexity index is 1390. The third-order valence-corrected chi connectivity index (χ3v) is 8.60. The van der Waals surface area contributed by atoms with Crippen molar-refractivity contribution in [3.8, 4) is 0 Å². The van der Waals surface area contributed by atoms with Crippen molar-refractivity contribution in [2.24, 2.45) is 0 Å². The van der Waals surface area contributed by atoms with Crippen LogP contribution in [0.15, 0.2) is 71.6 Å². The number of aryl methyl sites for hydroxylation is 2. The molecular weight excluding hydrogens is 545 g/mol. The Balaban J connectivity index is 2.05. The molecule has 0 spiro atoms. The Morgan fingerprint density at radius 3 is 2.03 bits per heavy atom. The van der Waals surface area contributed by atoms with Gasteiger partial charge in [0, 0.05) is 13.1 Å². The topological polar surface area (TPSA) is 86.8 Å². The molecular formula is C28H31Cl2N3O4S. The number of nitrogens with zero attached hydrogens (tertiary/aromatic N) is 2. The van der Waals surface area contributed by atoms with Gasteiger partial charge in [0.2, 0.25) is 11.8 Å². The second kappa shape index (κ2) is 12.7. The van der Waals surface area contributed by atoms with E-state index in [1.54, 1.807) is 26.0 Å². The first-order valence-corrected chi connectivity index (χ1v) is 14.3. The summed E-state index contributed by atoms with van der Waals surface area (Å²) in [6, 6.07) is 17.4. The van der Waals surface area contributed by atoms with Crippen LogP contribution in [0.5, 0.6) is 0 Å². The van der Waals surface area contributed by atoms with Gasteiger partial charge >= 0.3 is 0 Å². The van der Waals surface area contributed by atoms with Crippen LogP contribution in [0.25, 0.3) is 0 Å². The molecule has 0 heterocycles. The fourth-order valence-electron chi connectivity index (χ4n) is 3.80. The highest BCUT2D eigenvalue weighted by molar-refractivity contribution is 7.92. The SMILES string of the molecule is CCNC(=O)[C@@H](C)N(Cc1ccc(C)cc1)C(=O)CN(c1ccc(Cl)c(Cl)c1)S(=O)(=O)c1ccc(C)cc1. The van der Waals surface area contributed by atoms with Crippen molar-refractivity contribution in [2.45, 2.75) is 45.2 Å². The molecule has 3 aromatic rings. The van der Waals surface area contributed by atoms with E-state index in [0.29, 0.717) is 6.54 Å². The molecule has 1 N–H and O–H groups in total. The first kappa shape index (κ1) is 29.5.